The number of anilines is 1. The number of hydrazine groups is 1. The van der Waals surface area contributed by atoms with Crippen molar-refractivity contribution in [1.82, 2.24) is 15.4 Å². The number of hydrogen-bond acceptors (Lipinski definition) is 3. The number of hydrogen-bond donors (Lipinski definition) is 3. The van der Waals surface area contributed by atoms with Crippen molar-refractivity contribution < 1.29 is 9.59 Å². The number of benzene rings is 2. The number of fused-ring (bicyclic) bond motifs is 1. The zero-order chi connectivity index (χ0) is 18.5. The van der Waals surface area contributed by atoms with Crippen LogP contribution in [-0.4, -0.2) is 22.4 Å². The van der Waals surface area contributed by atoms with Crippen molar-refractivity contribution in [2.75, 3.05) is 5.32 Å². The summed E-state index contributed by atoms with van der Waals surface area (Å²) in [7, 11) is 1.90. The van der Waals surface area contributed by atoms with Gasteiger partial charge in [0.1, 0.15) is 6.04 Å². The van der Waals surface area contributed by atoms with Gasteiger partial charge < -0.3 is 9.88 Å². The molecule has 3 rings (SSSR count). The lowest BCUT2D eigenvalue weighted by Gasteiger charge is -2.17. The molecule has 0 saturated carbocycles. The molecular formula is C20H22N4O2. The van der Waals surface area contributed by atoms with Crippen molar-refractivity contribution in [3.8, 4) is 0 Å². The van der Waals surface area contributed by atoms with Gasteiger partial charge in [-0.25, -0.2) is 5.43 Å². The summed E-state index contributed by atoms with van der Waals surface area (Å²) in [5.41, 5.74) is 7.76. The Morgan fingerprint density at radius 1 is 1.04 bits per heavy atom. The Bertz CT molecular complexity index is 918. The number of aromatic nitrogens is 1. The minimum Gasteiger partial charge on any atom is -0.350 e. The molecule has 3 aromatic rings. The number of aryl methyl sites for hydroxylation is 1. The quantitative estimate of drug-likeness (QED) is 0.599. The average molecular weight is 350 g/mol. The number of nitrogens with zero attached hydrogens (tertiary/aromatic N) is 1. The Hall–Kier alpha value is -3.12. The highest BCUT2D eigenvalue weighted by atomic mass is 16.2. The van der Waals surface area contributed by atoms with E-state index in [9.17, 15) is 9.59 Å². The maximum absolute atomic E-state index is 12.6. The lowest BCUT2D eigenvalue weighted by molar-refractivity contribution is -0.118. The molecule has 1 heterocycles. The molecule has 3 N–H and O–H groups in total. The summed E-state index contributed by atoms with van der Waals surface area (Å²) in [4.78, 5) is 24.9. The fourth-order valence-electron chi connectivity index (χ4n) is 2.85. The van der Waals surface area contributed by atoms with Crippen LogP contribution in [0.1, 0.15) is 23.7 Å². The van der Waals surface area contributed by atoms with E-state index in [4.69, 9.17) is 0 Å². The van der Waals surface area contributed by atoms with Gasteiger partial charge in [0, 0.05) is 29.8 Å². The summed E-state index contributed by atoms with van der Waals surface area (Å²) in [6.45, 7) is 1.88. The summed E-state index contributed by atoms with van der Waals surface area (Å²) in [6, 6.07) is 16.4. The van der Waals surface area contributed by atoms with E-state index >= 15 is 0 Å². The summed E-state index contributed by atoms with van der Waals surface area (Å²) in [6.07, 6.45) is 2.32. The molecule has 0 aliphatic rings. The molecule has 0 saturated heterocycles. The fourth-order valence-corrected chi connectivity index (χ4v) is 2.85. The van der Waals surface area contributed by atoms with Gasteiger partial charge in [0.2, 0.25) is 5.91 Å². The molecule has 2 aromatic carbocycles. The first-order valence-corrected chi connectivity index (χ1v) is 8.56. The highest BCUT2D eigenvalue weighted by Gasteiger charge is 2.19. The third-order valence-electron chi connectivity index (χ3n) is 4.27. The first-order chi connectivity index (χ1) is 12.6. The van der Waals surface area contributed by atoms with Crippen molar-refractivity contribution in [1.29, 1.82) is 0 Å². The fraction of sp³-hybridized carbons (Fsp3) is 0.200. The van der Waals surface area contributed by atoms with Gasteiger partial charge in [-0.15, -0.1) is 0 Å². The van der Waals surface area contributed by atoms with Crippen molar-refractivity contribution in [2.24, 2.45) is 7.05 Å². The van der Waals surface area contributed by atoms with E-state index in [1.165, 1.54) is 0 Å². The van der Waals surface area contributed by atoms with Crippen LogP contribution >= 0.6 is 0 Å². The van der Waals surface area contributed by atoms with Crippen LogP contribution in [0.3, 0.4) is 0 Å². The van der Waals surface area contributed by atoms with Crippen LogP contribution in [-0.2, 0) is 11.8 Å². The third-order valence-corrected chi connectivity index (χ3v) is 4.27. The monoisotopic (exact) mass is 350 g/mol. The zero-order valence-electron chi connectivity index (χ0n) is 14.8. The predicted molar refractivity (Wildman–Crippen MR) is 103 cm³/mol. The molecule has 1 aromatic heterocycles. The summed E-state index contributed by atoms with van der Waals surface area (Å²) in [5.74, 6) is -0.468. The van der Waals surface area contributed by atoms with E-state index in [0.717, 1.165) is 16.6 Å². The second kappa shape index (κ2) is 7.84. The van der Waals surface area contributed by atoms with Crippen LogP contribution in [0, 0.1) is 0 Å². The van der Waals surface area contributed by atoms with Gasteiger partial charge in [-0.1, -0.05) is 43.3 Å². The van der Waals surface area contributed by atoms with Gasteiger partial charge in [0.25, 0.3) is 5.91 Å². The minimum absolute atomic E-state index is 0.197. The third kappa shape index (κ3) is 3.75. The van der Waals surface area contributed by atoms with Crippen LogP contribution in [0.15, 0.2) is 60.8 Å². The van der Waals surface area contributed by atoms with Crippen LogP contribution in [0.5, 0.6) is 0 Å². The predicted octanol–water partition coefficient (Wildman–Crippen LogP) is 2.83. The van der Waals surface area contributed by atoms with Crippen LogP contribution in [0.25, 0.3) is 10.9 Å². The van der Waals surface area contributed by atoms with Crippen LogP contribution in [0.2, 0.25) is 0 Å². The summed E-state index contributed by atoms with van der Waals surface area (Å²) < 4.78 is 1.91. The van der Waals surface area contributed by atoms with Gasteiger partial charge >= 0.3 is 0 Å². The van der Waals surface area contributed by atoms with E-state index < -0.39 is 6.04 Å². The molecule has 0 radical (unpaired) electrons. The molecule has 6 nitrogen and oxygen atoms in total. The van der Waals surface area contributed by atoms with Gasteiger partial charge in [-0.05, 0) is 24.6 Å². The number of nitrogens with one attached hydrogen (secondary N) is 3. The van der Waals surface area contributed by atoms with E-state index in [1.54, 1.807) is 6.20 Å². The van der Waals surface area contributed by atoms with E-state index in [0.29, 0.717) is 12.0 Å². The summed E-state index contributed by atoms with van der Waals surface area (Å²) >= 11 is 0. The van der Waals surface area contributed by atoms with Crippen molar-refractivity contribution >= 4 is 28.4 Å². The van der Waals surface area contributed by atoms with Crippen molar-refractivity contribution in [2.45, 2.75) is 19.4 Å². The number of carbonyl (C=O) groups excluding carboxylic acids is 2. The van der Waals surface area contributed by atoms with E-state index in [1.807, 2.05) is 73.1 Å². The van der Waals surface area contributed by atoms with Crippen molar-refractivity contribution in [3.63, 3.8) is 0 Å². The molecule has 134 valence electrons. The number of rotatable bonds is 6. The van der Waals surface area contributed by atoms with Gasteiger partial charge in [0.15, 0.2) is 0 Å². The molecule has 6 heteroatoms. The van der Waals surface area contributed by atoms with Crippen molar-refractivity contribution in [3.05, 3.63) is 66.4 Å². The summed E-state index contributed by atoms with van der Waals surface area (Å²) in [5, 5.41) is 3.70. The largest absolute Gasteiger partial charge is 0.350 e. The maximum Gasteiger partial charge on any atom is 0.267 e. The Balaban J connectivity index is 1.66. The molecule has 0 aliphatic heterocycles. The highest BCUT2D eigenvalue weighted by Crippen LogP contribution is 2.19. The van der Waals surface area contributed by atoms with E-state index in [-0.39, 0.29) is 11.8 Å². The molecule has 1 atom stereocenters. The number of amides is 2. The molecule has 0 spiro atoms. The zero-order valence-corrected chi connectivity index (χ0v) is 14.8. The normalized spacial score (nSPS) is 11.9. The topological polar surface area (TPSA) is 75.2 Å². The maximum atomic E-state index is 12.6. The standard InChI is InChI=1S/C20H22N4O2/c1-3-17(20(26)21-14-9-5-4-6-10-14)22-23-19(25)16-13-24(2)18-12-8-7-11-15(16)18/h4-13,17,22H,3H2,1-2H3,(H,21,26)(H,23,25)/t17-/m1/s1. The van der Waals surface area contributed by atoms with Crippen LogP contribution < -0.4 is 16.2 Å². The Morgan fingerprint density at radius 2 is 1.73 bits per heavy atom. The molecule has 0 fully saturated rings. The number of carbonyl (C=O) groups is 2. The Kier molecular flexibility index (Phi) is 5.34. The molecule has 26 heavy (non-hydrogen) atoms. The second-order valence-electron chi connectivity index (χ2n) is 6.09. The minimum atomic E-state index is -0.533. The molecule has 0 unspecified atom stereocenters. The smallest absolute Gasteiger partial charge is 0.267 e. The van der Waals surface area contributed by atoms with Gasteiger partial charge in [-0.3, -0.25) is 15.0 Å². The Labute approximate surface area is 152 Å². The second-order valence-corrected chi connectivity index (χ2v) is 6.09. The average Bonchev–Trinajstić information content (AvgIpc) is 3.00. The molecular weight excluding hydrogens is 328 g/mol. The van der Waals surface area contributed by atoms with E-state index in [2.05, 4.69) is 16.2 Å². The SMILES string of the molecule is CC[C@@H](NNC(=O)c1cn(C)c2ccccc12)C(=O)Nc1ccccc1. The molecule has 0 bridgehead atoms. The van der Waals surface area contributed by atoms with Crippen LogP contribution in [0.4, 0.5) is 5.69 Å². The van der Waals surface area contributed by atoms with Gasteiger partial charge in [-0.2, -0.15) is 0 Å². The first-order valence-electron chi connectivity index (χ1n) is 8.56. The van der Waals surface area contributed by atoms with Gasteiger partial charge in [0.05, 0.1) is 5.56 Å². The highest BCUT2D eigenvalue weighted by molar-refractivity contribution is 6.07. The lowest BCUT2D eigenvalue weighted by atomic mass is 10.1. The lowest BCUT2D eigenvalue weighted by Crippen LogP contribution is -2.49. The molecule has 0 aliphatic carbocycles. The Morgan fingerprint density at radius 3 is 2.46 bits per heavy atom. The molecule has 2 amide bonds. The first kappa shape index (κ1) is 17.7. The number of para-hydroxylation sites is 2.